The van der Waals surface area contributed by atoms with Gasteiger partial charge in [0.25, 0.3) is 10.1 Å². The van der Waals surface area contributed by atoms with Gasteiger partial charge < -0.3 is 5.11 Å². The second-order valence-electron chi connectivity index (χ2n) is 4.73. The molecule has 0 aliphatic rings. The molecule has 22 heavy (non-hydrogen) atoms. The van der Waals surface area contributed by atoms with Crippen LogP contribution in [0.1, 0.15) is 16.7 Å². The second kappa shape index (κ2) is 7.72. The molecule has 2 aromatic carbocycles. The minimum Gasteiger partial charge on any atom is -0.481 e. The molecule has 0 heterocycles. The smallest absolute Gasteiger partial charge is 0.307 e. The molecule has 0 spiro atoms. The molecule has 0 amide bonds. The molecule has 0 unspecified atom stereocenters. The Morgan fingerprint density at radius 1 is 1.00 bits per heavy atom. The van der Waals surface area contributed by atoms with Crippen LogP contribution in [0.2, 0.25) is 0 Å². The fourth-order valence-electron chi connectivity index (χ4n) is 1.77. The van der Waals surface area contributed by atoms with Gasteiger partial charge in [0.05, 0.1) is 11.3 Å². The van der Waals surface area contributed by atoms with E-state index in [-0.39, 0.29) is 11.3 Å². The summed E-state index contributed by atoms with van der Waals surface area (Å²) in [5.74, 6) is -0.786. The summed E-state index contributed by atoms with van der Waals surface area (Å²) in [6.45, 7) is 3.46. The normalized spacial score (nSPS) is 10.5. The van der Waals surface area contributed by atoms with Crippen LogP contribution in [-0.4, -0.2) is 24.0 Å². The van der Waals surface area contributed by atoms with Crippen LogP contribution < -0.4 is 0 Å². The number of rotatable bonds is 3. The molecule has 2 aromatic rings. The molecular weight excluding hydrogens is 304 g/mol. The van der Waals surface area contributed by atoms with Crippen LogP contribution in [0.25, 0.3) is 0 Å². The molecule has 0 fully saturated rings. The van der Waals surface area contributed by atoms with Gasteiger partial charge in [-0.1, -0.05) is 42.5 Å². The number of aryl methyl sites for hydroxylation is 1. The lowest BCUT2D eigenvalue weighted by Crippen LogP contribution is -2.01. The molecule has 0 atom stereocenters. The third-order valence-corrected chi connectivity index (χ3v) is 4.03. The zero-order valence-electron chi connectivity index (χ0n) is 12.4. The predicted molar refractivity (Wildman–Crippen MR) is 83.5 cm³/mol. The summed E-state index contributed by atoms with van der Waals surface area (Å²) in [4.78, 5) is 10.2. The number of hydrogen-bond acceptors (Lipinski definition) is 3. The third-order valence-electron chi connectivity index (χ3n) is 3.03. The summed E-state index contributed by atoms with van der Waals surface area (Å²) in [5, 5.41) is 8.37. The zero-order valence-corrected chi connectivity index (χ0v) is 13.2. The third kappa shape index (κ3) is 5.67. The van der Waals surface area contributed by atoms with Crippen molar-refractivity contribution in [2.24, 2.45) is 0 Å². The lowest BCUT2D eigenvalue weighted by Gasteiger charge is -2.03. The van der Waals surface area contributed by atoms with Crippen LogP contribution in [0.3, 0.4) is 0 Å². The van der Waals surface area contributed by atoms with Gasteiger partial charge in [0.2, 0.25) is 0 Å². The summed E-state index contributed by atoms with van der Waals surface area (Å²) in [7, 11) is -4.06. The van der Waals surface area contributed by atoms with Crippen molar-refractivity contribution in [2.75, 3.05) is 0 Å². The Bertz CT molecular complexity index is 736. The fourth-order valence-corrected chi connectivity index (χ4v) is 2.57. The van der Waals surface area contributed by atoms with Crippen LogP contribution in [0, 0.1) is 13.8 Å². The van der Waals surface area contributed by atoms with Crippen LogP contribution in [0.5, 0.6) is 0 Å². The molecule has 0 aliphatic heterocycles. The highest BCUT2D eigenvalue weighted by molar-refractivity contribution is 7.85. The molecule has 0 saturated heterocycles. The van der Waals surface area contributed by atoms with Gasteiger partial charge >= 0.3 is 5.97 Å². The Morgan fingerprint density at radius 2 is 1.59 bits per heavy atom. The summed E-state index contributed by atoms with van der Waals surface area (Å²) in [5.41, 5.74) is 2.29. The van der Waals surface area contributed by atoms with Gasteiger partial charge in [-0.15, -0.1) is 0 Å². The van der Waals surface area contributed by atoms with Crippen molar-refractivity contribution < 1.29 is 22.9 Å². The van der Waals surface area contributed by atoms with Crippen molar-refractivity contribution in [3.8, 4) is 0 Å². The minimum atomic E-state index is -4.06. The lowest BCUT2D eigenvalue weighted by molar-refractivity contribution is -0.136. The van der Waals surface area contributed by atoms with Gasteiger partial charge in [-0.3, -0.25) is 9.35 Å². The van der Waals surface area contributed by atoms with Crippen LogP contribution in [0.15, 0.2) is 53.4 Å². The largest absolute Gasteiger partial charge is 0.481 e. The average molecular weight is 322 g/mol. The first-order valence-electron chi connectivity index (χ1n) is 6.51. The van der Waals surface area contributed by atoms with Gasteiger partial charge in [0, 0.05) is 0 Å². The number of carboxylic acids is 1. The number of carboxylic acid groups (broad SMARTS) is 1. The van der Waals surface area contributed by atoms with E-state index in [0.29, 0.717) is 5.56 Å². The Hall–Kier alpha value is -2.18. The first-order valence-corrected chi connectivity index (χ1v) is 7.95. The van der Waals surface area contributed by atoms with Crippen molar-refractivity contribution in [1.29, 1.82) is 0 Å². The Kier molecular flexibility index (Phi) is 6.27. The van der Waals surface area contributed by atoms with Crippen molar-refractivity contribution in [2.45, 2.75) is 25.2 Å². The lowest BCUT2D eigenvalue weighted by atomic mass is 10.1. The summed E-state index contributed by atoms with van der Waals surface area (Å²) in [6.07, 6.45) is 0.112. The quantitative estimate of drug-likeness (QED) is 0.848. The predicted octanol–water partition coefficient (Wildman–Crippen LogP) is 2.86. The van der Waals surface area contributed by atoms with Crippen molar-refractivity contribution >= 4 is 16.1 Å². The number of carbonyl (C=O) groups is 1. The highest BCUT2D eigenvalue weighted by Crippen LogP contribution is 2.17. The van der Waals surface area contributed by atoms with E-state index in [0.717, 1.165) is 11.1 Å². The average Bonchev–Trinajstić information content (AvgIpc) is 2.42. The van der Waals surface area contributed by atoms with E-state index in [4.69, 9.17) is 9.66 Å². The SMILES string of the molecule is Cc1cccc(S(=O)(=O)O)c1C.O=C(O)Cc1ccccc1. The molecular formula is C16H18O5S. The molecule has 0 aliphatic carbocycles. The Balaban J connectivity index is 0.000000224. The molecule has 5 nitrogen and oxygen atoms in total. The highest BCUT2D eigenvalue weighted by atomic mass is 32.2. The molecule has 2 rings (SSSR count). The van der Waals surface area contributed by atoms with Crippen molar-refractivity contribution in [3.63, 3.8) is 0 Å². The molecule has 0 aromatic heterocycles. The van der Waals surface area contributed by atoms with Crippen LogP contribution >= 0.6 is 0 Å². The van der Waals surface area contributed by atoms with Gasteiger partial charge in [-0.05, 0) is 36.6 Å². The second-order valence-corrected chi connectivity index (χ2v) is 6.12. The standard InChI is InChI=1S/C8H10O3S.C8H8O2/c1-6-4-3-5-8(7(6)2)12(9,10)11;9-8(10)6-7-4-2-1-3-5-7/h3-5H,1-2H3,(H,9,10,11);1-5H,6H2,(H,9,10). The molecule has 0 radical (unpaired) electrons. The van der Waals surface area contributed by atoms with E-state index >= 15 is 0 Å². The minimum absolute atomic E-state index is 0.0116. The maximum absolute atomic E-state index is 10.8. The van der Waals surface area contributed by atoms with E-state index in [1.165, 1.54) is 6.07 Å². The summed E-state index contributed by atoms with van der Waals surface area (Å²) in [6, 6.07) is 13.9. The van der Waals surface area contributed by atoms with Crippen LogP contribution in [0.4, 0.5) is 0 Å². The molecule has 0 saturated carbocycles. The zero-order chi connectivity index (χ0) is 16.8. The highest BCUT2D eigenvalue weighted by Gasteiger charge is 2.12. The van der Waals surface area contributed by atoms with Gasteiger partial charge in [0.15, 0.2) is 0 Å². The van der Waals surface area contributed by atoms with E-state index in [1.807, 2.05) is 18.2 Å². The Morgan fingerprint density at radius 3 is 2.05 bits per heavy atom. The van der Waals surface area contributed by atoms with E-state index in [9.17, 15) is 13.2 Å². The van der Waals surface area contributed by atoms with Gasteiger partial charge in [-0.2, -0.15) is 8.42 Å². The first-order chi connectivity index (χ1) is 10.2. The first kappa shape index (κ1) is 17.9. The fraction of sp³-hybridized carbons (Fsp3) is 0.188. The topological polar surface area (TPSA) is 91.7 Å². The summed E-state index contributed by atoms with van der Waals surface area (Å²) < 4.78 is 30.3. The maximum atomic E-state index is 10.8. The van der Waals surface area contributed by atoms with E-state index in [2.05, 4.69) is 0 Å². The summed E-state index contributed by atoms with van der Waals surface area (Å²) >= 11 is 0. The molecule has 0 bridgehead atoms. The monoisotopic (exact) mass is 322 g/mol. The van der Waals surface area contributed by atoms with E-state index in [1.54, 1.807) is 38.1 Å². The molecule has 2 N–H and O–H groups in total. The van der Waals surface area contributed by atoms with Crippen LogP contribution in [-0.2, 0) is 21.3 Å². The number of hydrogen-bond donors (Lipinski definition) is 2. The maximum Gasteiger partial charge on any atom is 0.307 e. The molecule has 118 valence electrons. The van der Waals surface area contributed by atoms with Crippen molar-refractivity contribution in [1.82, 2.24) is 0 Å². The number of benzene rings is 2. The Labute approximate surface area is 130 Å². The number of aliphatic carboxylic acids is 1. The van der Waals surface area contributed by atoms with Crippen molar-refractivity contribution in [3.05, 3.63) is 65.2 Å². The van der Waals surface area contributed by atoms with Gasteiger partial charge in [0.1, 0.15) is 0 Å². The molecule has 6 heteroatoms. The van der Waals surface area contributed by atoms with Gasteiger partial charge in [-0.25, -0.2) is 0 Å². The van der Waals surface area contributed by atoms with E-state index < -0.39 is 16.1 Å².